The molecule has 2 N–H and O–H groups in total. The highest BCUT2D eigenvalue weighted by atomic mass is 32.2. The maximum atomic E-state index is 11.6. The molecule has 0 radical (unpaired) electrons. The molecule has 0 atom stereocenters. The van der Waals surface area contributed by atoms with Gasteiger partial charge in [0.1, 0.15) is 0 Å². The summed E-state index contributed by atoms with van der Waals surface area (Å²) in [5.41, 5.74) is 3.17. The molecule has 0 saturated carbocycles. The van der Waals surface area contributed by atoms with Gasteiger partial charge in [-0.3, -0.25) is 9.11 Å². The minimum absolute atomic E-state index is 0.270. The number of rotatable bonds is 11. The topological polar surface area (TPSA) is 112 Å². The minimum atomic E-state index is -4.09. The fourth-order valence-electron chi connectivity index (χ4n) is 5.93. The van der Waals surface area contributed by atoms with Crippen LogP contribution in [0.5, 0.6) is 0 Å². The van der Waals surface area contributed by atoms with Crippen LogP contribution in [0.3, 0.4) is 0 Å². The highest BCUT2D eigenvalue weighted by Gasteiger charge is 2.27. The van der Waals surface area contributed by atoms with Crippen molar-refractivity contribution in [3.8, 4) is 0 Å². The first kappa shape index (κ1) is 31.8. The molecule has 0 fully saturated rings. The number of anilines is 1. The van der Waals surface area contributed by atoms with Crippen LogP contribution in [0, 0.1) is 0 Å². The molecule has 0 aliphatic carbocycles. The van der Waals surface area contributed by atoms with Gasteiger partial charge in [0.05, 0.1) is 22.2 Å². The molecule has 4 aromatic carbocycles. The summed E-state index contributed by atoms with van der Waals surface area (Å²) < 4.78 is 66.2. The molecule has 7 nitrogen and oxygen atoms in total. The molecule has 2 heterocycles. The van der Waals surface area contributed by atoms with E-state index < -0.39 is 20.2 Å². The summed E-state index contributed by atoms with van der Waals surface area (Å²) in [4.78, 5) is 4.29. The Morgan fingerprint density at radius 2 is 1.47 bits per heavy atom. The van der Waals surface area contributed by atoms with Crippen molar-refractivity contribution in [2.45, 2.75) is 37.5 Å². The van der Waals surface area contributed by atoms with E-state index in [1.54, 1.807) is 23.1 Å². The van der Waals surface area contributed by atoms with Gasteiger partial charge in [0.25, 0.3) is 20.2 Å². The second kappa shape index (κ2) is 12.9. The number of fused-ring (bicyclic) bond motifs is 6. The first-order chi connectivity index (χ1) is 21.5. The van der Waals surface area contributed by atoms with Gasteiger partial charge in [0, 0.05) is 31.8 Å². The highest BCUT2D eigenvalue weighted by Crippen LogP contribution is 2.50. The Balaban J connectivity index is 1.44. The molecule has 1 aliphatic heterocycles. The number of hydrogen-bond donors (Lipinski definition) is 2. The fourth-order valence-corrected chi connectivity index (χ4v) is 9.36. The van der Waals surface area contributed by atoms with Crippen LogP contribution in [0.2, 0.25) is 0 Å². The SMILES string of the molecule is CCC(=C/c1sc2ccc3ccccc3c2c1CCCS(=O)(=O)O)/C=C1/Sc2ccc3ccccc3c2N1CCCS(=O)(=O)O. The van der Waals surface area contributed by atoms with Gasteiger partial charge in [-0.25, -0.2) is 0 Å². The summed E-state index contributed by atoms with van der Waals surface area (Å²) in [6.07, 6.45) is 6.13. The maximum Gasteiger partial charge on any atom is 0.264 e. The van der Waals surface area contributed by atoms with Gasteiger partial charge in [-0.15, -0.1) is 11.3 Å². The Morgan fingerprint density at radius 3 is 2.18 bits per heavy atom. The Hall–Kier alpha value is -3.19. The van der Waals surface area contributed by atoms with Crippen molar-refractivity contribution in [1.29, 1.82) is 0 Å². The van der Waals surface area contributed by atoms with E-state index in [0.717, 1.165) is 69.7 Å². The van der Waals surface area contributed by atoms with Crippen molar-refractivity contribution >= 4 is 86.7 Å². The summed E-state index contributed by atoms with van der Waals surface area (Å²) >= 11 is 3.31. The van der Waals surface area contributed by atoms with Crippen LogP contribution in [0.25, 0.3) is 37.7 Å². The number of allylic oxidation sites excluding steroid dienone is 2. The molecular formula is C34H33NO6S4. The van der Waals surface area contributed by atoms with E-state index >= 15 is 0 Å². The molecule has 45 heavy (non-hydrogen) atoms. The van der Waals surface area contributed by atoms with Crippen LogP contribution in [-0.4, -0.2) is 44.0 Å². The van der Waals surface area contributed by atoms with Crippen LogP contribution in [0.4, 0.5) is 5.69 Å². The van der Waals surface area contributed by atoms with Gasteiger partial charge in [-0.2, -0.15) is 16.8 Å². The second-order valence-corrected chi connectivity index (χ2v) is 16.4. The van der Waals surface area contributed by atoms with Crippen LogP contribution in [0.15, 0.2) is 94.4 Å². The third-order valence-electron chi connectivity index (χ3n) is 7.97. The first-order valence-electron chi connectivity index (χ1n) is 14.7. The lowest BCUT2D eigenvalue weighted by atomic mass is 9.99. The Labute approximate surface area is 271 Å². The summed E-state index contributed by atoms with van der Waals surface area (Å²) in [6.45, 7) is 2.51. The molecule has 0 bridgehead atoms. The number of thiophene rings is 1. The van der Waals surface area contributed by atoms with E-state index in [1.807, 2.05) is 24.3 Å². The average molecular weight is 680 g/mol. The third-order valence-corrected chi connectivity index (χ3v) is 11.8. The Bertz CT molecular complexity index is 2200. The standard InChI is InChI=1S/C34H33NO6S4/c1-2-23(21-31-28(13-7-19-44(36,37)38)33-26-11-5-3-9-24(26)14-16-29(33)42-31)22-32-35(18-8-20-45(39,40)41)34-27-12-6-4-10-25(27)15-17-30(34)43-32/h3-6,9-12,14-17,21-22H,2,7-8,13,18-20H2,1H3,(H,36,37,38)(H,39,40,41)/b23-21-,32-22+. The van der Waals surface area contributed by atoms with Crippen LogP contribution in [-0.2, 0) is 26.7 Å². The van der Waals surface area contributed by atoms with Crippen molar-refractivity contribution in [2.75, 3.05) is 23.0 Å². The van der Waals surface area contributed by atoms with Gasteiger partial charge in [0.15, 0.2) is 0 Å². The van der Waals surface area contributed by atoms with Gasteiger partial charge >= 0.3 is 0 Å². The van der Waals surface area contributed by atoms with E-state index in [2.05, 4.69) is 72.5 Å². The summed E-state index contributed by atoms with van der Waals surface area (Å²) in [5.74, 6) is -0.620. The van der Waals surface area contributed by atoms with Gasteiger partial charge in [0.2, 0.25) is 0 Å². The van der Waals surface area contributed by atoms with Crippen LogP contribution >= 0.6 is 23.1 Å². The van der Waals surface area contributed by atoms with E-state index in [0.29, 0.717) is 19.4 Å². The van der Waals surface area contributed by atoms with Crippen molar-refractivity contribution in [1.82, 2.24) is 0 Å². The van der Waals surface area contributed by atoms with Gasteiger partial charge in [-0.05, 0) is 77.3 Å². The average Bonchev–Trinajstić information content (AvgIpc) is 3.53. The largest absolute Gasteiger partial charge is 0.334 e. The molecule has 0 amide bonds. The van der Waals surface area contributed by atoms with Crippen molar-refractivity contribution in [3.63, 3.8) is 0 Å². The van der Waals surface area contributed by atoms with Crippen molar-refractivity contribution < 1.29 is 25.9 Å². The van der Waals surface area contributed by atoms with Gasteiger partial charge < -0.3 is 4.90 Å². The lowest BCUT2D eigenvalue weighted by molar-refractivity contribution is 0.479. The molecule has 6 rings (SSSR count). The van der Waals surface area contributed by atoms with Crippen molar-refractivity contribution in [2.24, 2.45) is 0 Å². The van der Waals surface area contributed by atoms with E-state index in [1.165, 1.54) is 0 Å². The number of hydrogen-bond acceptors (Lipinski definition) is 7. The number of aryl methyl sites for hydroxylation is 1. The minimum Gasteiger partial charge on any atom is -0.334 e. The summed E-state index contributed by atoms with van der Waals surface area (Å²) in [5, 5.41) is 6.49. The quantitative estimate of drug-likeness (QED) is 0.134. The maximum absolute atomic E-state index is 11.6. The lowest BCUT2D eigenvalue weighted by Crippen LogP contribution is -2.22. The fraction of sp³-hybridized carbons (Fsp3) is 0.235. The molecule has 0 saturated heterocycles. The lowest BCUT2D eigenvalue weighted by Gasteiger charge is -2.22. The van der Waals surface area contributed by atoms with Gasteiger partial charge in [-0.1, -0.05) is 79.3 Å². The molecule has 1 aliphatic rings. The van der Waals surface area contributed by atoms with E-state index in [4.69, 9.17) is 0 Å². The normalized spacial score (nSPS) is 15.1. The molecule has 1 aromatic heterocycles. The van der Waals surface area contributed by atoms with E-state index in [-0.39, 0.29) is 17.9 Å². The first-order valence-corrected chi connectivity index (χ1v) is 19.6. The van der Waals surface area contributed by atoms with Crippen LogP contribution in [0.1, 0.15) is 36.6 Å². The Morgan fingerprint density at radius 1 is 0.822 bits per heavy atom. The Kier molecular flexibility index (Phi) is 9.11. The molecular weight excluding hydrogens is 647 g/mol. The smallest absolute Gasteiger partial charge is 0.264 e. The monoisotopic (exact) mass is 679 g/mol. The molecule has 0 spiro atoms. The number of nitrogens with zero attached hydrogens (tertiary/aromatic N) is 1. The van der Waals surface area contributed by atoms with Crippen molar-refractivity contribution in [3.05, 3.63) is 99.9 Å². The predicted molar refractivity (Wildman–Crippen MR) is 189 cm³/mol. The summed E-state index contributed by atoms with van der Waals surface area (Å²) in [6, 6.07) is 24.7. The third kappa shape index (κ3) is 7.14. The predicted octanol–water partition coefficient (Wildman–Crippen LogP) is 8.55. The highest BCUT2D eigenvalue weighted by molar-refractivity contribution is 8.03. The zero-order valence-corrected chi connectivity index (χ0v) is 27.9. The van der Waals surface area contributed by atoms with E-state index in [9.17, 15) is 25.9 Å². The number of thioether (sulfide) groups is 1. The number of benzene rings is 4. The molecule has 11 heteroatoms. The second-order valence-electron chi connectivity index (χ2n) is 11.1. The zero-order valence-electron chi connectivity index (χ0n) is 24.6. The molecule has 5 aromatic rings. The molecule has 234 valence electrons. The molecule has 0 unspecified atom stereocenters. The zero-order chi connectivity index (χ0) is 31.8. The summed E-state index contributed by atoms with van der Waals surface area (Å²) in [7, 11) is -8.17. The van der Waals surface area contributed by atoms with Crippen LogP contribution < -0.4 is 4.90 Å².